The van der Waals surface area contributed by atoms with Crippen LogP contribution in [0.25, 0.3) is 5.52 Å². The molecule has 2 aromatic heterocycles. The van der Waals surface area contributed by atoms with Crippen LogP contribution in [0, 0.1) is 0 Å². The van der Waals surface area contributed by atoms with Crippen LogP contribution in [0.4, 0.5) is 5.82 Å². The summed E-state index contributed by atoms with van der Waals surface area (Å²) in [5.41, 5.74) is 7.33. The molecule has 0 amide bonds. The van der Waals surface area contributed by atoms with Gasteiger partial charge in [0.05, 0.1) is 18.4 Å². The molecule has 5 atom stereocenters. The number of carbonyl (C=O) groups excluding carboxylic acids is 1. The lowest BCUT2D eigenvalue weighted by atomic mass is 9.83. The number of esters is 1. The number of anilines is 1. The van der Waals surface area contributed by atoms with Crippen LogP contribution in [0.15, 0.2) is 79.1 Å². The van der Waals surface area contributed by atoms with E-state index in [2.05, 4.69) is 27.3 Å². The third-order valence-corrected chi connectivity index (χ3v) is 10.4. The lowest BCUT2D eigenvalue weighted by Gasteiger charge is -2.31. The lowest BCUT2D eigenvalue weighted by molar-refractivity contribution is -0.152. The average molecular weight is 650 g/mol. The third-order valence-electron chi connectivity index (χ3n) is 8.82. The number of nitrogens with zero attached hydrogens (tertiary/aromatic N) is 3. The van der Waals surface area contributed by atoms with Crippen LogP contribution in [0.3, 0.4) is 0 Å². The lowest BCUT2D eigenvalue weighted by Crippen LogP contribution is -2.42. The Hall–Kier alpha value is -3.80. The van der Waals surface area contributed by atoms with Crippen molar-refractivity contribution >= 4 is 25.1 Å². The Morgan fingerprint density at radius 2 is 1.80 bits per heavy atom. The molecule has 1 aliphatic carbocycles. The van der Waals surface area contributed by atoms with E-state index in [-0.39, 0.29) is 24.9 Å². The second-order valence-electron chi connectivity index (χ2n) is 12.2. The van der Waals surface area contributed by atoms with E-state index in [0.717, 1.165) is 25.7 Å². The summed E-state index contributed by atoms with van der Waals surface area (Å²) in [6.07, 6.45) is 3.18. The molecule has 2 aromatic carbocycles. The molecule has 46 heavy (non-hydrogen) atoms. The van der Waals surface area contributed by atoms with Crippen molar-refractivity contribution in [3.05, 3.63) is 90.4 Å². The van der Waals surface area contributed by atoms with Crippen molar-refractivity contribution in [1.29, 1.82) is 0 Å². The van der Waals surface area contributed by atoms with Gasteiger partial charge in [0.1, 0.15) is 41.4 Å². The first-order valence-electron chi connectivity index (χ1n) is 15.6. The van der Waals surface area contributed by atoms with Crippen molar-refractivity contribution < 1.29 is 33.0 Å². The third kappa shape index (κ3) is 7.11. The van der Waals surface area contributed by atoms with Crippen molar-refractivity contribution in [2.45, 2.75) is 81.8 Å². The van der Waals surface area contributed by atoms with Crippen molar-refractivity contribution in [2.75, 3.05) is 12.3 Å². The van der Waals surface area contributed by atoms with Gasteiger partial charge in [-0.05, 0) is 75.3 Å². The summed E-state index contributed by atoms with van der Waals surface area (Å²) >= 11 is 0. The number of fused-ring (bicyclic) bond motifs is 1. The quantitative estimate of drug-likeness (QED) is 0.142. The number of ether oxygens (including phenoxy) is 2. The SMILES string of the molecule is C[C@H](NP(=O)(OC[C@@]1(C)O[C@@H](c2ccc3c(N)ncnn23)C[C@@H]1O)Oc1ccccc1)C(=O)OC1CCC(c2ccccc2)CC1. The number of nitrogens with one attached hydrogen (secondary N) is 1. The summed E-state index contributed by atoms with van der Waals surface area (Å²) in [5.74, 6) is 0.499. The molecule has 1 aliphatic heterocycles. The highest BCUT2D eigenvalue weighted by molar-refractivity contribution is 7.52. The molecule has 1 unspecified atom stereocenters. The number of nitrogen functional groups attached to an aromatic ring is 1. The fraction of sp³-hybridized carbons (Fsp3) is 0.424. The largest absolute Gasteiger partial charge is 0.461 e. The minimum absolute atomic E-state index is 0.226. The number of aliphatic hydroxyl groups excluding tert-OH is 1. The molecule has 0 bridgehead atoms. The second-order valence-corrected chi connectivity index (χ2v) is 13.9. The summed E-state index contributed by atoms with van der Waals surface area (Å²) in [4.78, 5) is 17.2. The van der Waals surface area contributed by atoms with Gasteiger partial charge in [0.15, 0.2) is 5.82 Å². The fourth-order valence-corrected chi connectivity index (χ4v) is 7.74. The maximum atomic E-state index is 14.2. The molecule has 4 aromatic rings. The summed E-state index contributed by atoms with van der Waals surface area (Å²) in [5, 5.41) is 18.1. The summed E-state index contributed by atoms with van der Waals surface area (Å²) < 4.78 is 39.7. The van der Waals surface area contributed by atoms with Crippen molar-refractivity contribution in [1.82, 2.24) is 19.7 Å². The van der Waals surface area contributed by atoms with Crippen LogP contribution in [-0.4, -0.2) is 56.1 Å². The van der Waals surface area contributed by atoms with E-state index < -0.39 is 37.6 Å². The van der Waals surface area contributed by atoms with E-state index in [9.17, 15) is 14.5 Å². The number of aliphatic hydroxyl groups is 1. The molecule has 2 aliphatic rings. The Labute approximate surface area is 267 Å². The van der Waals surface area contributed by atoms with Crippen LogP contribution in [0.1, 0.15) is 69.2 Å². The maximum Gasteiger partial charge on any atom is 0.459 e. The molecule has 0 radical (unpaired) electrons. The number of nitrogens with two attached hydrogens (primary N) is 1. The topological polar surface area (TPSA) is 160 Å². The molecular formula is C33H40N5O7P. The van der Waals surface area contributed by atoms with Crippen LogP contribution in [-0.2, 0) is 23.4 Å². The number of rotatable bonds is 11. The number of benzene rings is 2. The standard InChI is InChI=1S/C33H40N5O7P/c1-22(32(40)43-25-15-13-24(14-16-25)23-9-5-3-6-10-23)37-46(41,45-26-11-7-4-8-12-26)42-20-33(2)30(39)19-29(44-33)27-17-18-28-31(34)35-21-36-38(27)28/h3-12,17-18,21-22,24-25,29-30,39H,13-16,19-20H2,1-2H3,(H,37,41)(H2,34,35,36)/t22-,24?,25?,29+,30-,33+,46?/m0/s1. The molecule has 0 spiro atoms. The Morgan fingerprint density at radius 3 is 2.52 bits per heavy atom. The molecule has 1 saturated carbocycles. The van der Waals surface area contributed by atoms with Gasteiger partial charge in [-0.1, -0.05) is 48.5 Å². The highest BCUT2D eigenvalue weighted by Gasteiger charge is 2.48. The van der Waals surface area contributed by atoms with Crippen LogP contribution < -0.4 is 15.3 Å². The van der Waals surface area contributed by atoms with E-state index >= 15 is 0 Å². The number of para-hydroxylation sites is 1. The van der Waals surface area contributed by atoms with Crippen LogP contribution in [0.5, 0.6) is 5.75 Å². The first kappa shape index (κ1) is 32.2. The van der Waals surface area contributed by atoms with Crippen molar-refractivity contribution in [3.63, 3.8) is 0 Å². The average Bonchev–Trinajstić information content (AvgIpc) is 3.63. The first-order valence-corrected chi connectivity index (χ1v) is 17.1. The maximum absolute atomic E-state index is 14.2. The Kier molecular flexibility index (Phi) is 9.44. The molecule has 12 nitrogen and oxygen atoms in total. The minimum atomic E-state index is -4.19. The van der Waals surface area contributed by atoms with Gasteiger partial charge in [-0.3, -0.25) is 9.32 Å². The number of hydrogen-bond donors (Lipinski definition) is 3. The molecule has 1 saturated heterocycles. The van der Waals surface area contributed by atoms with Gasteiger partial charge >= 0.3 is 13.7 Å². The number of carbonyl (C=O) groups is 1. The first-order chi connectivity index (χ1) is 22.1. The molecule has 6 rings (SSSR count). The zero-order valence-corrected chi connectivity index (χ0v) is 26.8. The summed E-state index contributed by atoms with van der Waals surface area (Å²) in [7, 11) is -4.19. The highest BCUT2D eigenvalue weighted by Crippen LogP contribution is 2.48. The zero-order chi connectivity index (χ0) is 32.3. The molecule has 3 heterocycles. The molecule has 13 heteroatoms. The smallest absolute Gasteiger partial charge is 0.459 e. The van der Waals surface area contributed by atoms with Gasteiger partial charge in [-0.25, -0.2) is 14.1 Å². The van der Waals surface area contributed by atoms with Crippen molar-refractivity contribution in [2.24, 2.45) is 0 Å². The van der Waals surface area contributed by atoms with E-state index in [0.29, 0.717) is 22.9 Å². The van der Waals surface area contributed by atoms with E-state index in [1.54, 1.807) is 54.8 Å². The predicted octanol–water partition coefficient (Wildman–Crippen LogP) is 5.34. The van der Waals surface area contributed by atoms with Gasteiger partial charge in [-0.15, -0.1) is 0 Å². The van der Waals surface area contributed by atoms with Crippen LogP contribution >= 0.6 is 7.75 Å². The van der Waals surface area contributed by atoms with Gasteiger partial charge in [0, 0.05) is 6.42 Å². The van der Waals surface area contributed by atoms with Crippen molar-refractivity contribution in [3.8, 4) is 5.75 Å². The van der Waals surface area contributed by atoms with Gasteiger partial charge in [0.25, 0.3) is 0 Å². The summed E-state index contributed by atoms with van der Waals surface area (Å²) in [6.45, 7) is 2.94. The second kappa shape index (κ2) is 13.5. The fourth-order valence-electron chi connectivity index (χ4n) is 6.15. The highest BCUT2D eigenvalue weighted by atomic mass is 31.2. The Bertz CT molecular complexity index is 1680. The van der Waals surface area contributed by atoms with E-state index in [1.807, 2.05) is 24.3 Å². The van der Waals surface area contributed by atoms with Crippen LogP contribution in [0.2, 0.25) is 0 Å². The number of aromatic nitrogens is 3. The van der Waals surface area contributed by atoms with Gasteiger partial charge < -0.3 is 24.8 Å². The van der Waals surface area contributed by atoms with Gasteiger partial charge in [0.2, 0.25) is 0 Å². The van der Waals surface area contributed by atoms with E-state index in [4.69, 9.17) is 24.3 Å². The normalized spacial score (nSPS) is 26.8. The Morgan fingerprint density at radius 1 is 1.11 bits per heavy atom. The molecule has 2 fully saturated rings. The molecule has 4 N–H and O–H groups in total. The molecular weight excluding hydrogens is 609 g/mol. The Balaban J connectivity index is 1.10. The minimum Gasteiger partial charge on any atom is -0.461 e. The van der Waals surface area contributed by atoms with Gasteiger partial charge in [-0.2, -0.15) is 10.2 Å². The predicted molar refractivity (Wildman–Crippen MR) is 171 cm³/mol. The zero-order valence-electron chi connectivity index (χ0n) is 25.9. The summed E-state index contributed by atoms with van der Waals surface area (Å²) in [6, 6.07) is 21.5. The molecule has 244 valence electrons. The number of hydrogen-bond acceptors (Lipinski definition) is 10. The van der Waals surface area contributed by atoms with E-state index in [1.165, 1.54) is 11.9 Å². The monoisotopic (exact) mass is 649 g/mol.